The average Bonchev–Trinajstić information content (AvgIpc) is 2.47. The molecule has 10 nitrogen and oxygen atoms in total. The molecule has 0 fully saturated rings. The first kappa shape index (κ1) is 19.4. The molecule has 0 aliphatic heterocycles. The molecule has 122 valence electrons. The minimum atomic E-state index is -1.78. The van der Waals surface area contributed by atoms with Crippen molar-refractivity contribution in [2.75, 3.05) is 6.61 Å². The van der Waals surface area contributed by atoms with Crippen molar-refractivity contribution in [3.05, 3.63) is 0 Å². The molecule has 0 aromatic carbocycles. The van der Waals surface area contributed by atoms with Crippen LogP contribution in [-0.2, 0) is 19.1 Å². The zero-order valence-corrected chi connectivity index (χ0v) is 11.3. The highest BCUT2D eigenvalue weighted by molar-refractivity contribution is 5.78. The van der Waals surface area contributed by atoms with Crippen LogP contribution in [-0.4, -0.2) is 70.5 Å². The van der Waals surface area contributed by atoms with Crippen LogP contribution in [0.25, 0.3) is 0 Å². The molecule has 0 unspecified atom stereocenters. The zero-order chi connectivity index (χ0) is 16.6. The third kappa shape index (κ3) is 6.60. The maximum absolute atomic E-state index is 11.7. The van der Waals surface area contributed by atoms with Crippen LogP contribution < -0.4 is 17.2 Å². The monoisotopic (exact) mass is 307 g/mol. The summed E-state index contributed by atoms with van der Waals surface area (Å²) in [6.45, 7) is -0.825. The number of esters is 1. The molecule has 0 aromatic rings. The first-order valence-corrected chi connectivity index (χ1v) is 6.16. The summed E-state index contributed by atoms with van der Waals surface area (Å²) >= 11 is 0. The summed E-state index contributed by atoms with van der Waals surface area (Å²) in [4.78, 5) is 32.9. The molecule has 0 bridgehead atoms. The van der Waals surface area contributed by atoms with E-state index in [0.29, 0.717) is 0 Å². The van der Waals surface area contributed by atoms with Crippen molar-refractivity contribution in [2.45, 2.75) is 43.2 Å². The molecule has 5 atom stereocenters. The number of amides is 1. The van der Waals surface area contributed by atoms with E-state index in [4.69, 9.17) is 27.0 Å². The van der Waals surface area contributed by atoms with Gasteiger partial charge >= 0.3 is 5.97 Å². The second-order valence-electron chi connectivity index (χ2n) is 4.47. The van der Waals surface area contributed by atoms with E-state index >= 15 is 0 Å². The number of nitrogens with two attached hydrogens (primary N) is 3. The van der Waals surface area contributed by atoms with Gasteiger partial charge in [0.25, 0.3) is 0 Å². The number of aliphatic hydroxyl groups is 3. The highest BCUT2D eigenvalue weighted by Crippen LogP contribution is 2.10. The lowest BCUT2D eigenvalue weighted by Crippen LogP contribution is -2.53. The Balaban J connectivity index is 4.76. The molecule has 0 aliphatic rings. The number of aldehydes is 1. The lowest BCUT2D eigenvalue weighted by Gasteiger charge is -2.28. The summed E-state index contributed by atoms with van der Waals surface area (Å²) in [5.41, 5.74) is 15.7. The minimum absolute atomic E-state index is 0.0874. The van der Waals surface area contributed by atoms with E-state index in [1.54, 1.807) is 0 Å². The second kappa shape index (κ2) is 9.37. The van der Waals surface area contributed by atoms with Gasteiger partial charge in [0.2, 0.25) is 5.91 Å². The highest BCUT2D eigenvalue weighted by Gasteiger charge is 2.35. The SMILES string of the molecule is NC(=O)CC[C@H](N)C(=O)O[C@@H]([C@H](O)[C@H](O)CO)[C@@H](N)C=O. The fourth-order valence-corrected chi connectivity index (χ4v) is 1.42. The highest BCUT2D eigenvalue weighted by atomic mass is 16.6. The minimum Gasteiger partial charge on any atom is -0.456 e. The van der Waals surface area contributed by atoms with Gasteiger partial charge in [-0.2, -0.15) is 0 Å². The van der Waals surface area contributed by atoms with Gasteiger partial charge in [-0.3, -0.25) is 9.59 Å². The third-order valence-electron chi connectivity index (χ3n) is 2.71. The van der Waals surface area contributed by atoms with Gasteiger partial charge in [0.15, 0.2) is 6.10 Å². The Morgan fingerprint density at radius 2 is 1.81 bits per heavy atom. The number of ether oxygens (including phenoxy) is 1. The van der Waals surface area contributed by atoms with Crippen LogP contribution in [0.3, 0.4) is 0 Å². The van der Waals surface area contributed by atoms with Crippen LogP contribution in [0.2, 0.25) is 0 Å². The van der Waals surface area contributed by atoms with Crippen LogP contribution >= 0.6 is 0 Å². The molecule has 0 spiro atoms. The van der Waals surface area contributed by atoms with Crippen LogP contribution in [0.15, 0.2) is 0 Å². The molecule has 21 heavy (non-hydrogen) atoms. The second-order valence-corrected chi connectivity index (χ2v) is 4.47. The summed E-state index contributed by atoms with van der Waals surface area (Å²) in [7, 11) is 0. The van der Waals surface area contributed by atoms with E-state index in [1.165, 1.54) is 0 Å². The van der Waals surface area contributed by atoms with E-state index in [9.17, 15) is 24.6 Å². The van der Waals surface area contributed by atoms with Gasteiger partial charge in [0, 0.05) is 6.42 Å². The Bertz CT molecular complexity index is 366. The number of rotatable bonds is 10. The lowest BCUT2D eigenvalue weighted by atomic mass is 10.0. The molecular weight excluding hydrogens is 286 g/mol. The largest absolute Gasteiger partial charge is 0.456 e. The zero-order valence-electron chi connectivity index (χ0n) is 11.3. The molecule has 0 rings (SSSR count). The van der Waals surface area contributed by atoms with Crippen LogP contribution in [0.1, 0.15) is 12.8 Å². The smallest absolute Gasteiger partial charge is 0.323 e. The normalized spacial score (nSPS) is 18.1. The van der Waals surface area contributed by atoms with Crippen molar-refractivity contribution in [3.8, 4) is 0 Å². The Labute approximate surface area is 120 Å². The predicted octanol–water partition coefficient (Wildman–Crippen LogP) is -4.27. The van der Waals surface area contributed by atoms with Crippen molar-refractivity contribution in [1.29, 1.82) is 0 Å². The van der Waals surface area contributed by atoms with Crippen LogP contribution in [0.4, 0.5) is 0 Å². The van der Waals surface area contributed by atoms with Crippen molar-refractivity contribution in [1.82, 2.24) is 0 Å². The maximum atomic E-state index is 11.7. The first-order valence-electron chi connectivity index (χ1n) is 6.16. The molecule has 0 heterocycles. The molecule has 10 heteroatoms. The van der Waals surface area contributed by atoms with E-state index in [2.05, 4.69) is 0 Å². The summed E-state index contributed by atoms with van der Waals surface area (Å²) in [6, 6.07) is -2.63. The van der Waals surface area contributed by atoms with Crippen molar-refractivity contribution in [3.63, 3.8) is 0 Å². The van der Waals surface area contributed by atoms with Crippen molar-refractivity contribution < 1.29 is 34.4 Å². The van der Waals surface area contributed by atoms with Gasteiger partial charge in [-0.1, -0.05) is 0 Å². The molecule has 0 aromatic heterocycles. The van der Waals surface area contributed by atoms with Gasteiger partial charge in [-0.15, -0.1) is 0 Å². The maximum Gasteiger partial charge on any atom is 0.323 e. The van der Waals surface area contributed by atoms with Crippen molar-refractivity contribution >= 4 is 18.2 Å². The summed E-state index contributed by atoms with van der Waals surface area (Å²) in [5, 5.41) is 27.7. The Morgan fingerprint density at radius 1 is 1.24 bits per heavy atom. The summed E-state index contributed by atoms with van der Waals surface area (Å²) < 4.78 is 4.79. The van der Waals surface area contributed by atoms with Gasteiger partial charge in [-0.25, -0.2) is 0 Å². The number of carbonyl (C=O) groups excluding carboxylic acids is 3. The molecule has 0 saturated heterocycles. The number of hydrogen-bond donors (Lipinski definition) is 6. The predicted molar refractivity (Wildman–Crippen MR) is 69.4 cm³/mol. The topological polar surface area (TPSA) is 199 Å². The molecule has 0 radical (unpaired) electrons. The van der Waals surface area contributed by atoms with Crippen LogP contribution in [0, 0.1) is 0 Å². The lowest BCUT2D eigenvalue weighted by molar-refractivity contribution is -0.165. The first-order chi connectivity index (χ1) is 9.74. The van der Waals surface area contributed by atoms with E-state index in [-0.39, 0.29) is 19.1 Å². The van der Waals surface area contributed by atoms with Crippen LogP contribution in [0.5, 0.6) is 0 Å². The standard InChI is InChI=1S/C11H21N3O7/c12-5(1-2-8(14)18)11(20)21-10(6(13)3-15)9(19)7(17)4-16/h3,5-7,9-10,16-17,19H,1-2,4,12-13H2,(H2,14,18)/t5-,6-,7+,9+,10+/m0/s1. The van der Waals surface area contributed by atoms with E-state index < -0.39 is 48.9 Å². The number of primary amides is 1. The Morgan fingerprint density at radius 3 is 2.24 bits per heavy atom. The van der Waals surface area contributed by atoms with Gasteiger partial charge in [-0.05, 0) is 6.42 Å². The number of carbonyl (C=O) groups is 3. The Hall–Kier alpha value is -1.59. The van der Waals surface area contributed by atoms with E-state index in [1.807, 2.05) is 0 Å². The van der Waals surface area contributed by atoms with Gasteiger partial charge < -0.3 is 42.1 Å². The van der Waals surface area contributed by atoms with Crippen molar-refractivity contribution in [2.24, 2.45) is 17.2 Å². The molecular formula is C11H21N3O7. The summed E-state index contributed by atoms with van der Waals surface area (Å²) in [5.74, 6) is -1.68. The fraction of sp³-hybridized carbons (Fsp3) is 0.727. The molecule has 1 amide bonds. The quantitative estimate of drug-likeness (QED) is 0.171. The summed E-state index contributed by atoms with van der Waals surface area (Å²) in [6.07, 6.45) is -5.05. The third-order valence-corrected chi connectivity index (χ3v) is 2.71. The molecule has 9 N–H and O–H groups in total. The number of aliphatic hydroxyl groups excluding tert-OH is 3. The Kier molecular flexibility index (Phi) is 8.66. The fourth-order valence-electron chi connectivity index (χ4n) is 1.42. The van der Waals surface area contributed by atoms with Gasteiger partial charge in [0.05, 0.1) is 6.61 Å². The molecule has 0 saturated carbocycles. The number of hydrogen-bond acceptors (Lipinski definition) is 9. The van der Waals surface area contributed by atoms with Gasteiger partial charge in [0.1, 0.15) is 30.6 Å². The van der Waals surface area contributed by atoms with E-state index in [0.717, 1.165) is 0 Å². The molecule has 0 aliphatic carbocycles. The average molecular weight is 307 g/mol.